The number of hydrogen-bond donors (Lipinski definition) is 2. The van der Waals surface area contributed by atoms with Crippen LogP contribution in [0.2, 0.25) is 0 Å². The first-order valence-corrected chi connectivity index (χ1v) is 3.88. The summed E-state index contributed by atoms with van der Waals surface area (Å²) in [6.45, 7) is 0. The van der Waals surface area contributed by atoms with Crippen LogP contribution in [-0.2, 0) is 14.3 Å². The molecular formula is C8H16N2O3. The van der Waals surface area contributed by atoms with Gasteiger partial charge in [0.15, 0.2) is 6.29 Å². The smallest absolute Gasteiger partial charge is 0.219 e. The molecule has 0 bridgehead atoms. The summed E-state index contributed by atoms with van der Waals surface area (Å²) in [7, 11) is 3.02. The molecule has 0 heterocycles. The van der Waals surface area contributed by atoms with Crippen LogP contribution in [0.1, 0.15) is 6.42 Å². The van der Waals surface area contributed by atoms with Crippen molar-refractivity contribution in [3.05, 3.63) is 12.2 Å². The Kier molecular flexibility index (Phi) is 6.13. The summed E-state index contributed by atoms with van der Waals surface area (Å²) < 4.78 is 9.75. The molecule has 0 fully saturated rings. The van der Waals surface area contributed by atoms with Crippen LogP contribution in [0.5, 0.6) is 0 Å². The predicted octanol–water partition coefficient (Wildman–Crippen LogP) is -0.636. The molecule has 0 aliphatic carbocycles. The molecule has 76 valence electrons. The van der Waals surface area contributed by atoms with E-state index < -0.39 is 12.2 Å². The fourth-order valence-electron chi connectivity index (χ4n) is 0.787. The molecule has 4 N–H and O–H groups in total. The maximum absolute atomic E-state index is 10.4. The molecule has 0 saturated heterocycles. The highest BCUT2D eigenvalue weighted by Crippen LogP contribution is 1.96. The Morgan fingerprint density at radius 1 is 1.38 bits per heavy atom. The monoisotopic (exact) mass is 188 g/mol. The summed E-state index contributed by atoms with van der Waals surface area (Å²) in [4.78, 5) is 10.4. The molecule has 1 amide bonds. The number of amides is 1. The highest BCUT2D eigenvalue weighted by atomic mass is 16.7. The second kappa shape index (κ2) is 6.59. The van der Waals surface area contributed by atoms with Crippen LogP contribution < -0.4 is 11.5 Å². The maximum Gasteiger partial charge on any atom is 0.219 e. The number of primary amides is 1. The van der Waals surface area contributed by atoms with Gasteiger partial charge in [-0.05, 0) is 6.08 Å². The summed E-state index contributed by atoms with van der Waals surface area (Å²) in [6.07, 6.45) is 2.95. The van der Waals surface area contributed by atoms with Gasteiger partial charge in [-0.25, -0.2) is 0 Å². The summed E-state index contributed by atoms with van der Waals surface area (Å²) >= 11 is 0. The molecule has 1 atom stereocenters. The van der Waals surface area contributed by atoms with Gasteiger partial charge >= 0.3 is 0 Å². The largest absolute Gasteiger partial charge is 0.370 e. The van der Waals surface area contributed by atoms with Crippen molar-refractivity contribution in [2.75, 3.05) is 14.2 Å². The number of nitrogens with two attached hydrogens (primary N) is 2. The summed E-state index contributed by atoms with van der Waals surface area (Å²) in [5, 5.41) is 0. The van der Waals surface area contributed by atoms with E-state index in [1.807, 2.05) is 0 Å². The molecule has 0 aromatic carbocycles. The van der Waals surface area contributed by atoms with Gasteiger partial charge in [0.1, 0.15) is 0 Å². The van der Waals surface area contributed by atoms with Gasteiger partial charge in [0.05, 0.1) is 0 Å². The van der Waals surface area contributed by atoms with Gasteiger partial charge in [0.2, 0.25) is 5.91 Å². The van der Waals surface area contributed by atoms with Crippen LogP contribution in [0.4, 0.5) is 0 Å². The molecule has 5 heteroatoms. The van der Waals surface area contributed by atoms with E-state index in [0.717, 1.165) is 0 Å². The Bertz CT molecular complexity index is 178. The third-order valence-electron chi connectivity index (χ3n) is 1.42. The zero-order chi connectivity index (χ0) is 10.3. The van der Waals surface area contributed by atoms with Crippen molar-refractivity contribution in [2.24, 2.45) is 11.5 Å². The number of hydrogen-bond acceptors (Lipinski definition) is 4. The first kappa shape index (κ1) is 12.1. The second-order valence-electron chi connectivity index (χ2n) is 2.56. The van der Waals surface area contributed by atoms with Gasteiger partial charge in [-0.2, -0.15) is 0 Å². The Balaban J connectivity index is 3.87. The third-order valence-corrected chi connectivity index (χ3v) is 1.42. The highest BCUT2D eigenvalue weighted by molar-refractivity contribution is 5.74. The average molecular weight is 188 g/mol. The normalized spacial score (nSPS) is 13.8. The SMILES string of the molecule is COC(/C=C/C(N)CC(N)=O)OC. The molecule has 0 aliphatic heterocycles. The van der Waals surface area contributed by atoms with Crippen LogP contribution in [0, 0.1) is 0 Å². The molecule has 5 nitrogen and oxygen atoms in total. The molecule has 0 radical (unpaired) electrons. The minimum absolute atomic E-state index is 0.122. The number of carbonyl (C=O) groups is 1. The van der Waals surface area contributed by atoms with E-state index in [0.29, 0.717) is 0 Å². The molecule has 13 heavy (non-hydrogen) atoms. The van der Waals surface area contributed by atoms with E-state index in [1.165, 1.54) is 14.2 Å². The minimum atomic E-state index is -0.432. The average Bonchev–Trinajstić information content (AvgIpc) is 2.05. The van der Waals surface area contributed by atoms with Crippen LogP contribution in [0.15, 0.2) is 12.2 Å². The van der Waals surface area contributed by atoms with E-state index in [1.54, 1.807) is 12.2 Å². The quantitative estimate of drug-likeness (QED) is 0.429. The van der Waals surface area contributed by atoms with E-state index in [-0.39, 0.29) is 12.5 Å². The zero-order valence-corrected chi connectivity index (χ0v) is 7.90. The van der Waals surface area contributed by atoms with Crippen molar-refractivity contribution in [3.8, 4) is 0 Å². The standard InChI is InChI=1S/C8H16N2O3/c1-12-8(13-2)4-3-6(9)5-7(10)11/h3-4,6,8H,5,9H2,1-2H3,(H2,10,11)/b4-3+. The lowest BCUT2D eigenvalue weighted by atomic mass is 10.2. The maximum atomic E-state index is 10.4. The summed E-state index contributed by atoms with van der Waals surface area (Å²) in [5.41, 5.74) is 10.5. The van der Waals surface area contributed by atoms with E-state index in [4.69, 9.17) is 20.9 Å². The van der Waals surface area contributed by atoms with Gasteiger partial charge in [-0.1, -0.05) is 6.08 Å². The van der Waals surface area contributed by atoms with Crippen LogP contribution >= 0.6 is 0 Å². The number of methoxy groups -OCH3 is 2. The molecule has 0 aromatic rings. The van der Waals surface area contributed by atoms with Crippen molar-refractivity contribution in [2.45, 2.75) is 18.8 Å². The first-order valence-electron chi connectivity index (χ1n) is 3.88. The Morgan fingerprint density at radius 2 is 1.92 bits per heavy atom. The molecular weight excluding hydrogens is 172 g/mol. The fraction of sp³-hybridized carbons (Fsp3) is 0.625. The van der Waals surface area contributed by atoms with Crippen LogP contribution in [0.3, 0.4) is 0 Å². The van der Waals surface area contributed by atoms with Crippen molar-refractivity contribution < 1.29 is 14.3 Å². The second-order valence-corrected chi connectivity index (χ2v) is 2.56. The van der Waals surface area contributed by atoms with Crippen LogP contribution in [0.25, 0.3) is 0 Å². The molecule has 1 unspecified atom stereocenters. The lowest BCUT2D eigenvalue weighted by molar-refractivity contribution is -0.118. The molecule has 0 aliphatic rings. The lowest BCUT2D eigenvalue weighted by Crippen LogP contribution is -2.26. The van der Waals surface area contributed by atoms with Crippen molar-refractivity contribution in [1.82, 2.24) is 0 Å². The highest BCUT2D eigenvalue weighted by Gasteiger charge is 2.03. The van der Waals surface area contributed by atoms with Crippen molar-refractivity contribution >= 4 is 5.91 Å². The molecule has 0 spiro atoms. The van der Waals surface area contributed by atoms with Crippen LogP contribution in [-0.4, -0.2) is 32.5 Å². The number of carbonyl (C=O) groups excluding carboxylic acids is 1. The predicted molar refractivity (Wildman–Crippen MR) is 48.7 cm³/mol. The zero-order valence-electron chi connectivity index (χ0n) is 7.90. The fourth-order valence-corrected chi connectivity index (χ4v) is 0.787. The first-order chi connectivity index (χ1) is 6.10. The van der Waals surface area contributed by atoms with E-state index >= 15 is 0 Å². The van der Waals surface area contributed by atoms with Gasteiger partial charge < -0.3 is 20.9 Å². The molecule has 0 aromatic heterocycles. The third kappa shape index (κ3) is 6.27. The summed E-state index contributed by atoms with van der Waals surface area (Å²) in [6, 6.07) is -0.384. The summed E-state index contributed by atoms with van der Waals surface area (Å²) in [5.74, 6) is -0.427. The minimum Gasteiger partial charge on any atom is -0.370 e. The number of rotatable bonds is 6. The van der Waals surface area contributed by atoms with E-state index in [9.17, 15) is 4.79 Å². The van der Waals surface area contributed by atoms with Gasteiger partial charge in [-0.3, -0.25) is 4.79 Å². The van der Waals surface area contributed by atoms with Gasteiger partial charge in [0, 0.05) is 26.7 Å². The topological polar surface area (TPSA) is 87.6 Å². The van der Waals surface area contributed by atoms with Crippen molar-refractivity contribution in [1.29, 1.82) is 0 Å². The number of ether oxygens (including phenoxy) is 2. The van der Waals surface area contributed by atoms with Crippen molar-refractivity contribution in [3.63, 3.8) is 0 Å². The molecule has 0 saturated carbocycles. The Morgan fingerprint density at radius 3 is 2.31 bits per heavy atom. The Labute approximate surface area is 77.7 Å². The lowest BCUT2D eigenvalue weighted by Gasteiger charge is -2.09. The van der Waals surface area contributed by atoms with Gasteiger partial charge in [0.25, 0.3) is 0 Å². The van der Waals surface area contributed by atoms with E-state index in [2.05, 4.69) is 0 Å². The molecule has 0 rings (SSSR count). The Hall–Kier alpha value is -0.910. The van der Waals surface area contributed by atoms with Gasteiger partial charge in [-0.15, -0.1) is 0 Å².